The molecule has 0 aliphatic rings. The zero-order valence-electron chi connectivity index (χ0n) is 16.0. The topological polar surface area (TPSA) is 200 Å². The number of rotatable bonds is 13. The summed E-state index contributed by atoms with van der Waals surface area (Å²) in [7, 11) is -2.90. The van der Waals surface area contributed by atoms with Crippen LogP contribution in [-0.4, -0.2) is 69.4 Å². The Morgan fingerprint density at radius 3 is 2.10 bits per heavy atom. The van der Waals surface area contributed by atoms with E-state index in [-0.39, 0.29) is 5.56 Å². The number of nitrogens with one attached hydrogen (secondary N) is 2. The zero-order chi connectivity index (χ0) is 22.9. The second-order valence-corrected chi connectivity index (χ2v) is 8.14. The molecule has 166 valence electrons. The van der Waals surface area contributed by atoms with Crippen LogP contribution in [-0.2, 0) is 23.5 Å². The van der Waals surface area contributed by atoms with Crippen molar-refractivity contribution in [3.63, 3.8) is 0 Å². The summed E-state index contributed by atoms with van der Waals surface area (Å²) in [6.45, 7) is 0. The summed E-state index contributed by atoms with van der Waals surface area (Å²) in [4.78, 5) is 55.1. The Morgan fingerprint density at radius 1 is 1.03 bits per heavy atom. The lowest BCUT2D eigenvalue weighted by molar-refractivity contribution is -0.147. The highest BCUT2D eigenvalue weighted by atomic mass is 31.2. The third-order valence-corrected chi connectivity index (χ3v) is 5.33. The average molecular weight is 446 g/mol. The van der Waals surface area contributed by atoms with Crippen LogP contribution in [0.15, 0.2) is 24.3 Å². The Labute approximate surface area is 171 Å². The fourth-order valence-corrected chi connectivity index (χ4v) is 3.59. The Hall–Kier alpha value is -2.95. The van der Waals surface area contributed by atoms with Gasteiger partial charge in [0.05, 0.1) is 6.16 Å². The standard InChI is InChI=1S/C17H23N2O10P/c1-18-11-4-2-10(3-5-11)15(22)19-12(16(23)24)8-9-30(27,28)29-13(17(25)26)6-7-14(20)21/h2-5,12-13,18H,6-9H2,1H3,(H,19,22)(H,20,21)(H,23,24)(H,25,26)(H,27,28)/t12-,13-/m0/s1. The van der Waals surface area contributed by atoms with Gasteiger partial charge in [-0.2, -0.15) is 0 Å². The maximum atomic E-state index is 12.2. The summed E-state index contributed by atoms with van der Waals surface area (Å²) < 4.78 is 16.8. The molecule has 0 fully saturated rings. The van der Waals surface area contributed by atoms with Gasteiger partial charge in [0.15, 0.2) is 6.10 Å². The number of hydrogen-bond acceptors (Lipinski definition) is 7. The number of carbonyl (C=O) groups is 4. The predicted octanol–water partition coefficient (Wildman–Crippen LogP) is 0.821. The molecular formula is C17H23N2O10P. The Balaban J connectivity index is 2.74. The number of amides is 1. The van der Waals surface area contributed by atoms with Crippen molar-refractivity contribution in [2.75, 3.05) is 18.5 Å². The fraction of sp³-hybridized carbons (Fsp3) is 0.412. The molecule has 13 heteroatoms. The lowest BCUT2D eigenvalue weighted by atomic mass is 10.1. The highest BCUT2D eigenvalue weighted by Gasteiger charge is 2.32. The van der Waals surface area contributed by atoms with Crippen LogP contribution in [0.1, 0.15) is 29.6 Å². The summed E-state index contributed by atoms with van der Waals surface area (Å²) in [6.07, 6.45) is -4.27. The molecule has 3 atom stereocenters. The molecule has 12 nitrogen and oxygen atoms in total. The van der Waals surface area contributed by atoms with Crippen LogP contribution in [0.4, 0.5) is 5.69 Å². The van der Waals surface area contributed by atoms with Gasteiger partial charge in [0, 0.05) is 24.7 Å². The Morgan fingerprint density at radius 2 is 1.63 bits per heavy atom. The highest BCUT2D eigenvalue weighted by molar-refractivity contribution is 7.52. The fourth-order valence-electron chi connectivity index (χ4n) is 2.31. The van der Waals surface area contributed by atoms with Crippen molar-refractivity contribution < 1.29 is 48.5 Å². The monoisotopic (exact) mass is 446 g/mol. The summed E-state index contributed by atoms with van der Waals surface area (Å²) in [6, 6.07) is 4.58. The van der Waals surface area contributed by atoms with Gasteiger partial charge in [0.25, 0.3) is 5.91 Å². The number of anilines is 1. The highest BCUT2D eigenvalue weighted by Crippen LogP contribution is 2.44. The molecule has 1 aromatic rings. The number of aliphatic carboxylic acids is 3. The lowest BCUT2D eigenvalue weighted by Gasteiger charge is -2.20. The lowest BCUT2D eigenvalue weighted by Crippen LogP contribution is -2.41. The van der Waals surface area contributed by atoms with Gasteiger partial charge >= 0.3 is 25.5 Å². The average Bonchev–Trinajstić information content (AvgIpc) is 2.67. The first-order chi connectivity index (χ1) is 13.9. The molecule has 0 saturated carbocycles. The Kier molecular flexibility index (Phi) is 9.44. The molecule has 0 spiro atoms. The molecule has 30 heavy (non-hydrogen) atoms. The van der Waals surface area contributed by atoms with E-state index >= 15 is 0 Å². The van der Waals surface area contributed by atoms with E-state index in [0.717, 1.165) is 5.69 Å². The second-order valence-electron chi connectivity index (χ2n) is 6.21. The van der Waals surface area contributed by atoms with Gasteiger partial charge in [-0.1, -0.05) is 0 Å². The first kappa shape index (κ1) is 25.1. The molecule has 0 aromatic heterocycles. The first-order valence-corrected chi connectivity index (χ1v) is 10.5. The summed E-state index contributed by atoms with van der Waals surface area (Å²) in [5.41, 5.74) is 0.902. The van der Waals surface area contributed by atoms with Crippen molar-refractivity contribution in [1.29, 1.82) is 0 Å². The minimum absolute atomic E-state index is 0.170. The van der Waals surface area contributed by atoms with Gasteiger partial charge in [-0.05, 0) is 37.1 Å². The van der Waals surface area contributed by atoms with Gasteiger partial charge in [-0.15, -0.1) is 0 Å². The van der Waals surface area contributed by atoms with Crippen LogP contribution in [0.3, 0.4) is 0 Å². The number of carbonyl (C=O) groups excluding carboxylic acids is 1. The van der Waals surface area contributed by atoms with Crippen LogP contribution < -0.4 is 10.6 Å². The minimum atomic E-state index is -4.58. The SMILES string of the molecule is CNc1ccc(C(=O)N[C@@H](CCP(=O)(O)O[C@@H](CCC(=O)O)C(=O)O)C(=O)O)cc1. The summed E-state index contributed by atoms with van der Waals surface area (Å²) in [5.74, 6) is -5.12. The predicted molar refractivity (Wildman–Crippen MR) is 104 cm³/mol. The van der Waals surface area contributed by atoms with Gasteiger partial charge in [0.1, 0.15) is 6.04 Å². The van der Waals surface area contributed by atoms with Gasteiger partial charge in [0.2, 0.25) is 0 Å². The van der Waals surface area contributed by atoms with Crippen molar-refractivity contribution in [1.82, 2.24) is 5.32 Å². The van der Waals surface area contributed by atoms with Crippen molar-refractivity contribution in [3.8, 4) is 0 Å². The van der Waals surface area contributed by atoms with E-state index in [1.54, 1.807) is 19.2 Å². The van der Waals surface area contributed by atoms with Crippen LogP contribution in [0.5, 0.6) is 0 Å². The van der Waals surface area contributed by atoms with Crippen molar-refractivity contribution in [3.05, 3.63) is 29.8 Å². The quantitative estimate of drug-likeness (QED) is 0.234. The molecule has 1 unspecified atom stereocenters. The van der Waals surface area contributed by atoms with Crippen molar-refractivity contribution >= 4 is 37.1 Å². The van der Waals surface area contributed by atoms with Crippen LogP contribution in [0, 0.1) is 0 Å². The summed E-state index contributed by atoms with van der Waals surface area (Å²) in [5, 5.41) is 31.9. The van der Waals surface area contributed by atoms with E-state index in [0.29, 0.717) is 0 Å². The minimum Gasteiger partial charge on any atom is -0.481 e. The third-order valence-electron chi connectivity index (χ3n) is 3.93. The molecule has 1 amide bonds. The first-order valence-electron chi connectivity index (χ1n) is 8.71. The van der Waals surface area contributed by atoms with Crippen LogP contribution in [0.25, 0.3) is 0 Å². The maximum absolute atomic E-state index is 12.2. The van der Waals surface area contributed by atoms with E-state index < -0.39 is 69.0 Å². The third kappa shape index (κ3) is 8.60. The molecule has 0 aliphatic heterocycles. The molecule has 0 bridgehead atoms. The van der Waals surface area contributed by atoms with E-state index in [9.17, 15) is 33.7 Å². The van der Waals surface area contributed by atoms with Crippen LogP contribution in [0.2, 0.25) is 0 Å². The van der Waals surface area contributed by atoms with E-state index in [4.69, 9.17) is 10.2 Å². The van der Waals surface area contributed by atoms with Crippen LogP contribution >= 0.6 is 7.60 Å². The molecular weight excluding hydrogens is 423 g/mol. The van der Waals surface area contributed by atoms with Gasteiger partial charge in [-0.25, -0.2) is 9.59 Å². The molecule has 0 saturated heterocycles. The smallest absolute Gasteiger partial charge is 0.333 e. The number of carboxylic acid groups (broad SMARTS) is 3. The Bertz CT molecular complexity index is 826. The van der Waals surface area contributed by atoms with Crippen molar-refractivity contribution in [2.24, 2.45) is 0 Å². The number of hydrogen-bond donors (Lipinski definition) is 6. The van der Waals surface area contributed by atoms with Crippen molar-refractivity contribution in [2.45, 2.75) is 31.4 Å². The molecule has 6 N–H and O–H groups in total. The zero-order valence-corrected chi connectivity index (χ0v) is 16.9. The molecule has 0 heterocycles. The number of benzene rings is 1. The number of carboxylic acids is 3. The largest absolute Gasteiger partial charge is 0.481 e. The molecule has 0 radical (unpaired) electrons. The van der Waals surface area contributed by atoms with Gasteiger partial charge in [-0.3, -0.25) is 18.7 Å². The molecule has 0 aliphatic carbocycles. The van der Waals surface area contributed by atoms with Gasteiger partial charge < -0.3 is 30.8 Å². The van der Waals surface area contributed by atoms with E-state index in [2.05, 4.69) is 15.2 Å². The normalized spacial score (nSPS) is 14.7. The maximum Gasteiger partial charge on any atom is 0.333 e. The molecule has 1 rings (SSSR count). The van der Waals surface area contributed by atoms with E-state index in [1.165, 1.54) is 12.1 Å². The molecule has 1 aromatic carbocycles. The second kappa shape index (κ2) is 11.3. The van der Waals surface area contributed by atoms with E-state index in [1.807, 2.05) is 0 Å². The summed E-state index contributed by atoms with van der Waals surface area (Å²) >= 11 is 0.